The standard InChI is InChI=1S/C13H5F8N3OS/c1-5-11(26(25)13(19,20)21)9(4-22)23-24(5)10-7(14)2-6(3-8(10)15)12(16,17)18/h2-3H,1H3. The maximum atomic E-state index is 14.0. The van der Waals surface area contributed by atoms with Gasteiger partial charge in [0.05, 0.1) is 11.3 Å². The van der Waals surface area contributed by atoms with Gasteiger partial charge in [-0.3, -0.25) is 0 Å². The fourth-order valence-electron chi connectivity index (χ4n) is 2.05. The lowest BCUT2D eigenvalue weighted by atomic mass is 10.1. The number of alkyl halides is 6. The van der Waals surface area contributed by atoms with Gasteiger partial charge in [-0.05, 0) is 19.1 Å². The van der Waals surface area contributed by atoms with Crippen LogP contribution in [0, 0.1) is 29.9 Å². The molecular weight excluding hydrogens is 398 g/mol. The second-order valence-corrected chi connectivity index (χ2v) is 6.20. The van der Waals surface area contributed by atoms with Gasteiger partial charge in [-0.2, -0.15) is 23.5 Å². The van der Waals surface area contributed by atoms with Crippen LogP contribution < -0.4 is 0 Å². The maximum absolute atomic E-state index is 14.0. The molecule has 1 aromatic heterocycles. The van der Waals surface area contributed by atoms with Crippen molar-refractivity contribution in [3.63, 3.8) is 0 Å². The van der Waals surface area contributed by atoms with Crippen LogP contribution in [0.4, 0.5) is 35.1 Å². The van der Waals surface area contributed by atoms with Crippen LogP contribution in [0.2, 0.25) is 0 Å². The van der Waals surface area contributed by atoms with Gasteiger partial charge in [-0.15, -0.1) is 13.2 Å². The summed E-state index contributed by atoms with van der Waals surface area (Å²) in [6.45, 7) is 0.837. The molecule has 1 aromatic carbocycles. The average Bonchev–Trinajstić information content (AvgIpc) is 2.80. The first-order chi connectivity index (χ1) is 11.8. The number of halogens is 8. The zero-order valence-electron chi connectivity index (χ0n) is 12.3. The second kappa shape index (κ2) is 6.44. The van der Waals surface area contributed by atoms with Crippen molar-refractivity contribution in [1.29, 1.82) is 5.26 Å². The van der Waals surface area contributed by atoms with Crippen molar-refractivity contribution in [2.45, 2.75) is 23.5 Å². The molecule has 0 aliphatic heterocycles. The first-order valence-electron chi connectivity index (χ1n) is 6.34. The van der Waals surface area contributed by atoms with E-state index in [9.17, 15) is 39.7 Å². The predicted molar refractivity (Wildman–Crippen MR) is 70.4 cm³/mol. The second-order valence-electron chi connectivity index (χ2n) is 4.79. The zero-order chi connectivity index (χ0) is 20.0. The molecule has 0 fully saturated rings. The van der Waals surface area contributed by atoms with Crippen LogP contribution >= 0.6 is 0 Å². The Morgan fingerprint density at radius 3 is 2.00 bits per heavy atom. The minimum absolute atomic E-state index is 0.0774. The maximum Gasteiger partial charge on any atom is 0.578 e. The highest BCUT2D eigenvalue weighted by atomic mass is 32.2. The average molecular weight is 403 g/mol. The lowest BCUT2D eigenvalue weighted by molar-refractivity contribution is -0.138. The summed E-state index contributed by atoms with van der Waals surface area (Å²) in [6.07, 6.45) is -5.07. The number of nitriles is 1. The molecule has 0 aliphatic rings. The van der Waals surface area contributed by atoms with E-state index in [2.05, 4.69) is 5.10 Å². The summed E-state index contributed by atoms with van der Waals surface area (Å²) in [7, 11) is 0. The number of rotatable bonds is 2. The third-order valence-corrected chi connectivity index (χ3v) is 4.40. The molecule has 0 radical (unpaired) electrons. The SMILES string of the molecule is Cc1c([S+]([O-])C(F)(F)F)c(C#N)nn1-c1c(F)cc(C(F)(F)F)cc1F. The first-order valence-corrected chi connectivity index (χ1v) is 7.49. The topological polar surface area (TPSA) is 64.7 Å². The van der Waals surface area contributed by atoms with Gasteiger partial charge in [0.2, 0.25) is 10.6 Å². The van der Waals surface area contributed by atoms with Crippen LogP contribution in [-0.4, -0.2) is 19.8 Å². The summed E-state index contributed by atoms with van der Waals surface area (Å²) >= 11 is -3.74. The van der Waals surface area contributed by atoms with E-state index in [0.29, 0.717) is 0 Å². The molecule has 4 nitrogen and oxygen atoms in total. The van der Waals surface area contributed by atoms with E-state index >= 15 is 0 Å². The molecule has 0 spiro atoms. The molecule has 1 unspecified atom stereocenters. The molecule has 1 heterocycles. The van der Waals surface area contributed by atoms with Gasteiger partial charge in [0.15, 0.2) is 11.6 Å². The monoisotopic (exact) mass is 403 g/mol. The largest absolute Gasteiger partial charge is 0.604 e. The van der Waals surface area contributed by atoms with Gasteiger partial charge in [-0.25, -0.2) is 13.5 Å². The molecule has 140 valence electrons. The Balaban J connectivity index is 2.72. The van der Waals surface area contributed by atoms with Crippen LogP contribution in [0.3, 0.4) is 0 Å². The summed E-state index contributed by atoms with van der Waals surface area (Å²) in [5.74, 6) is -3.56. The summed E-state index contributed by atoms with van der Waals surface area (Å²) in [5, 5.41) is 12.1. The third kappa shape index (κ3) is 3.47. The summed E-state index contributed by atoms with van der Waals surface area (Å²) in [4.78, 5) is -1.14. The quantitative estimate of drug-likeness (QED) is 0.563. The lowest BCUT2D eigenvalue weighted by Crippen LogP contribution is -2.24. The molecule has 0 N–H and O–H groups in total. The molecule has 0 bridgehead atoms. The van der Waals surface area contributed by atoms with Crippen LogP contribution in [0.25, 0.3) is 5.69 Å². The molecule has 0 saturated heterocycles. The lowest BCUT2D eigenvalue weighted by Gasteiger charge is -2.13. The number of aromatic nitrogens is 2. The van der Waals surface area contributed by atoms with Crippen molar-refractivity contribution in [1.82, 2.24) is 9.78 Å². The predicted octanol–water partition coefficient (Wildman–Crippen LogP) is 3.98. The summed E-state index contributed by atoms with van der Waals surface area (Å²) < 4.78 is 115. The molecule has 0 saturated carbocycles. The zero-order valence-corrected chi connectivity index (χ0v) is 13.2. The molecule has 0 aliphatic carbocycles. The van der Waals surface area contributed by atoms with E-state index in [1.54, 1.807) is 0 Å². The highest BCUT2D eigenvalue weighted by Crippen LogP contribution is 2.36. The Bertz CT molecular complexity index is 874. The van der Waals surface area contributed by atoms with E-state index in [0.717, 1.165) is 6.92 Å². The van der Waals surface area contributed by atoms with Crippen LogP contribution in [0.1, 0.15) is 17.0 Å². The van der Waals surface area contributed by atoms with Crippen molar-refractivity contribution < 1.29 is 39.7 Å². The van der Waals surface area contributed by atoms with Crippen LogP contribution in [0.5, 0.6) is 0 Å². The fraction of sp³-hybridized carbons (Fsp3) is 0.231. The summed E-state index contributed by atoms with van der Waals surface area (Å²) in [6, 6.07) is 1.05. The molecule has 0 amide bonds. The number of hydrogen-bond donors (Lipinski definition) is 0. The molecular formula is C13H5F8N3OS. The van der Waals surface area contributed by atoms with Gasteiger partial charge >= 0.3 is 11.7 Å². The highest BCUT2D eigenvalue weighted by molar-refractivity contribution is 7.92. The molecule has 13 heteroatoms. The Labute approximate surface area is 142 Å². The first kappa shape index (κ1) is 20.0. The van der Waals surface area contributed by atoms with Gasteiger partial charge < -0.3 is 4.55 Å². The minimum Gasteiger partial charge on any atom is -0.604 e. The Morgan fingerprint density at radius 1 is 1.12 bits per heavy atom. The minimum atomic E-state index is -5.29. The Hall–Kier alpha value is -2.33. The van der Waals surface area contributed by atoms with Crippen molar-refractivity contribution in [2.24, 2.45) is 0 Å². The smallest absolute Gasteiger partial charge is 0.578 e. The van der Waals surface area contributed by atoms with Crippen LogP contribution in [-0.2, 0) is 17.4 Å². The number of nitrogens with zero attached hydrogens (tertiary/aromatic N) is 3. The molecule has 2 rings (SSSR count). The van der Waals surface area contributed by atoms with Crippen molar-refractivity contribution in [3.05, 3.63) is 40.7 Å². The van der Waals surface area contributed by atoms with Crippen molar-refractivity contribution in [3.8, 4) is 11.8 Å². The summed E-state index contributed by atoms with van der Waals surface area (Å²) in [5.41, 5.74) is -9.94. The van der Waals surface area contributed by atoms with Crippen LogP contribution in [0.15, 0.2) is 17.0 Å². The van der Waals surface area contributed by atoms with E-state index in [-0.39, 0.29) is 16.8 Å². The van der Waals surface area contributed by atoms with E-state index in [1.165, 1.54) is 6.07 Å². The Morgan fingerprint density at radius 2 is 1.62 bits per heavy atom. The highest BCUT2D eigenvalue weighted by Gasteiger charge is 2.49. The third-order valence-electron chi connectivity index (χ3n) is 3.12. The Kier molecular flexibility index (Phi) is 4.95. The van der Waals surface area contributed by atoms with E-state index in [4.69, 9.17) is 5.26 Å². The normalized spacial score (nSPS) is 13.6. The van der Waals surface area contributed by atoms with Gasteiger partial charge in [-0.1, -0.05) is 0 Å². The molecule has 2 aromatic rings. The number of benzene rings is 1. The number of hydrogen-bond acceptors (Lipinski definition) is 3. The van der Waals surface area contributed by atoms with E-state index in [1.807, 2.05) is 0 Å². The molecule has 26 heavy (non-hydrogen) atoms. The van der Waals surface area contributed by atoms with Gasteiger partial charge in [0, 0.05) is 0 Å². The fourth-order valence-corrected chi connectivity index (χ4v) is 2.90. The van der Waals surface area contributed by atoms with E-state index < -0.39 is 62.0 Å². The molecule has 1 atom stereocenters. The van der Waals surface area contributed by atoms with Gasteiger partial charge in [0.1, 0.15) is 22.9 Å². The van der Waals surface area contributed by atoms with Crippen molar-refractivity contribution in [2.75, 3.05) is 0 Å². The van der Waals surface area contributed by atoms with Crippen molar-refractivity contribution >= 4 is 11.2 Å². The van der Waals surface area contributed by atoms with Gasteiger partial charge in [0.25, 0.3) is 0 Å².